The molecule has 0 aliphatic carbocycles. The number of phenols is 1. The molecule has 1 fully saturated rings. The van der Waals surface area contributed by atoms with Crippen molar-refractivity contribution in [3.63, 3.8) is 0 Å². The van der Waals surface area contributed by atoms with Gasteiger partial charge in [0.25, 0.3) is 5.91 Å². The van der Waals surface area contributed by atoms with Gasteiger partial charge in [-0.2, -0.15) is 0 Å². The Labute approximate surface area is 189 Å². The standard InChI is InChI=1S/C21H25NO11/c1-10(23)29-9-16-18(30-11(2)24)19(31-12(3)25)17(21(33-16)32-13(4)26)22-20(28)14-7-5-6-8-15(14)27/h5-8,16-19,21,27H,9H2,1-4H3,(H,22,28). The molecular weight excluding hydrogens is 442 g/mol. The average molecular weight is 467 g/mol. The van der Waals surface area contributed by atoms with Crippen LogP contribution in [-0.4, -0.2) is 72.1 Å². The van der Waals surface area contributed by atoms with Crippen molar-refractivity contribution in [2.24, 2.45) is 0 Å². The molecule has 12 heteroatoms. The second kappa shape index (κ2) is 11.3. The molecule has 0 saturated carbocycles. The summed E-state index contributed by atoms with van der Waals surface area (Å²) in [5, 5.41) is 12.5. The van der Waals surface area contributed by atoms with Crippen LogP contribution in [0.5, 0.6) is 5.75 Å². The van der Waals surface area contributed by atoms with Gasteiger partial charge in [-0.1, -0.05) is 12.1 Å². The van der Waals surface area contributed by atoms with Gasteiger partial charge in [-0.25, -0.2) is 0 Å². The lowest BCUT2D eigenvalue weighted by molar-refractivity contribution is -0.270. The van der Waals surface area contributed by atoms with Gasteiger partial charge in [0, 0.05) is 27.7 Å². The third-order valence-electron chi connectivity index (χ3n) is 4.43. The van der Waals surface area contributed by atoms with Gasteiger partial charge in [-0.3, -0.25) is 24.0 Å². The number of phenolic OH excluding ortho intramolecular Hbond substituents is 1. The van der Waals surface area contributed by atoms with Crippen molar-refractivity contribution in [1.29, 1.82) is 0 Å². The third kappa shape index (κ3) is 7.17. The molecule has 5 atom stereocenters. The van der Waals surface area contributed by atoms with Crippen molar-refractivity contribution in [2.75, 3.05) is 6.61 Å². The normalized spacial score (nSPS) is 24.2. The Balaban J connectivity index is 2.47. The molecular formula is C21H25NO11. The number of hydrogen-bond acceptors (Lipinski definition) is 11. The first kappa shape index (κ1) is 25.6. The predicted octanol–water partition coefficient (Wildman–Crippen LogP) is 0.205. The SMILES string of the molecule is CC(=O)OCC1OC(OC(C)=O)C(NC(=O)c2ccccc2O)C(OC(C)=O)C1OC(C)=O. The number of carbonyl (C=O) groups excluding carboxylic acids is 5. The van der Waals surface area contributed by atoms with E-state index in [2.05, 4.69) is 5.32 Å². The second-order valence-corrected chi connectivity index (χ2v) is 7.12. The van der Waals surface area contributed by atoms with Crippen LogP contribution in [0.1, 0.15) is 38.1 Å². The summed E-state index contributed by atoms with van der Waals surface area (Å²) >= 11 is 0. The maximum atomic E-state index is 12.8. The number of nitrogens with one attached hydrogen (secondary N) is 1. The summed E-state index contributed by atoms with van der Waals surface area (Å²) in [4.78, 5) is 59.4. The molecule has 33 heavy (non-hydrogen) atoms. The molecule has 1 heterocycles. The lowest BCUT2D eigenvalue weighted by Gasteiger charge is -2.44. The molecule has 0 radical (unpaired) electrons. The van der Waals surface area contributed by atoms with Gasteiger partial charge >= 0.3 is 23.9 Å². The Morgan fingerprint density at radius 2 is 1.45 bits per heavy atom. The van der Waals surface area contributed by atoms with Gasteiger partial charge < -0.3 is 34.1 Å². The Kier molecular flexibility index (Phi) is 8.74. The van der Waals surface area contributed by atoms with E-state index >= 15 is 0 Å². The number of rotatable bonds is 7. The molecule has 1 aromatic carbocycles. The van der Waals surface area contributed by atoms with Crippen LogP contribution in [0.3, 0.4) is 0 Å². The molecule has 180 valence electrons. The van der Waals surface area contributed by atoms with E-state index in [1.807, 2.05) is 0 Å². The highest BCUT2D eigenvalue weighted by atomic mass is 16.7. The van der Waals surface area contributed by atoms with Crippen molar-refractivity contribution in [3.8, 4) is 5.75 Å². The highest BCUT2D eigenvalue weighted by molar-refractivity contribution is 5.97. The van der Waals surface area contributed by atoms with Gasteiger partial charge in [0.15, 0.2) is 12.2 Å². The molecule has 1 aromatic rings. The van der Waals surface area contributed by atoms with E-state index in [0.29, 0.717) is 0 Å². The molecule has 0 bridgehead atoms. The quantitative estimate of drug-likeness (QED) is 0.416. The summed E-state index contributed by atoms with van der Waals surface area (Å²) in [5.41, 5.74) is -0.119. The largest absolute Gasteiger partial charge is 0.507 e. The minimum absolute atomic E-state index is 0.119. The zero-order valence-corrected chi connectivity index (χ0v) is 18.4. The fraction of sp³-hybridized carbons (Fsp3) is 0.476. The van der Waals surface area contributed by atoms with Gasteiger partial charge in [-0.15, -0.1) is 0 Å². The van der Waals surface area contributed by atoms with Crippen LogP contribution in [0.2, 0.25) is 0 Å². The first-order chi connectivity index (χ1) is 15.5. The maximum absolute atomic E-state index is 12.8. The fourth-order valence-electron chi connectivity index (χ4n) is 3.21. The van der Waals surface area contributed by atoms with Crippen LogP contribution in [0.25, 0.3) is 0 Å². The van der Waals surface area contributed by atoms with Gasteiger partial charge in [0.1, 0.15) is 24.5 Å². The van der Waals surface area contributed by atoms with Gasteiger partial charge in [0.2, 0.25) is 6.29 Å². The first-order valence-electron chi connectivity index (χ1n) is 9.89. The van der Waals surface area contributed by atoms with Gasteiger partial charge in [0.05, 0.1) is 5.56 Å². The average Bonchev–Trinajstić information content (AvgIpc) is 2.70. The molecule has 12 nitrogen and oxygen atoms in total. The number of aromatic hydroxyl groups is 1. The highest BCUT2D eigenvalue weighted by Gasteiger charge is 2.52. The molecule has 2 N–H and O–H groups in total. The first-order valence-corrected chi connectivity index (χ1v) is 9.89. The van der Waals surface area contributed by atoms with Gasteiger partial charge in [-0.05, 0) is 12.1 Å². The Bertz CT molecular complexity index is 915. The van der Waals surface area contributed by atoms with E-state index in [0.717, 1.165) is 27.7 Å². The van der Waals surface area contributed by atoms with E-state index in [9.17, 15) is 29.1 Å². The Morgan fingerprint density at radius 3 is 2.00 bits per heavy atom. The number of esters is 4. The minimum atomic E-state index is -1.52. The topological polar surface area (TPSA) is 164 Å². The van der Waals surface area contributed by atoms with Crippen molar-refractivity contribution < 1.29 is 52.8 Å². The second-order valence-electron chi connectivity index (χ2n) is 7.12. The van der Waals surface area contributed by atoms with Crippen LogP contribution in [0.4, 0.5) is 0 Å². The number of ether oxygens (including phenoxy) is 5. The highest BCUT2D eigenvalue weighted by Crippen LogP contribution is 2.28. The predicted molar refractivity (Wildman–Crippen MR) is 108 cm³/mol. The number of amides is 1. The number of carbonyl (C=O) groups is 5. The van der Waals surface area contributed by atoms with E-state index in [-0.39, 0.29) is 11.3 Å². The van der Waals surface area contributed by atoms with Crippen molar-refractivity contribution in [2.45, 2.75) is 58.3 Å². The van der Waals surface area contributed by atoms with Crippen LogP contribution in [0, 0.1) is 0 Å². The molecule has 1 amide bonds. The Morgan fingerprint density at radius 1 is 0.879 bits per heavy atom. The minimum Gasteiger partial charge on any atom is -0.507 e. The summed E-state index contributed by atoms with van der Waals surface area (Å²) in [7, 11) is 0. The van der Waals surface area contributed by atoms with Crippen molar-refractivity contribution in [1.82, 2.24) is 5.32 Å². The zero-order chi connectivity index (χ0) is 24.7. The maximum Gasteiger partial charge on any atom is 0.305 e. The molecule has 1 aliphatic rings. The summed E-state index contributed by atoms with van der Waals surface area (Å²) in [6.07, 6.45) is -5.47. The summed E-state index contributed by atoms with van der Waals surface area (Å²) in [5.74, 6) is -4.16. The summed E-state index contributed by atoms with van der Waals surface area (Å²) in [6, 6.07) is 4.29. The van der Waals surface area contributed by atoms with Crippen molar-refractivity contribution >= 4 is 29.8 Å². The lowest BCUT2D eigenvalue weighted by Crippen LogP contribution is -2.67. The number of hydrogen-bond donors (Lipinski definition) is 2. The van der Waals surface area contributed by atoms with E-state index in [1.54, 1.807) is 0 Å². The molecule has 0 spiro atoms. The third-order valence-corrected chi connectivity index (χ3v) is 4.43. The fourth-order valence-corrected chi connectivity index (χ4v) is 3.21. The summed E-state index contributed by atoms with van der Waals surface area (Å²) in [6.45, 7) is 3.99. The van der Waals surface area contributed by atoms with E-state index in [1.165, 1.54) is 24.3 Å². The smallest absolute Gasteiger partial charge is 0.305 e. The van der Waals surface area contributed by atoms with Crippen LogP contribution in [-0.2, 0) is 42.9 Å². The van der Waals surface area contributed by atoms with E-state index < -0.39 is 67.0 Å². The molecule has 1 saturated heterocycles. The molecule has 5 unspecified atom stereocenters. The summed E-state index contributed by atoms with van der Waals surface area (Å²) < 4.78 is 26.4. The zero-order valence-electron chi connectivity index (χ0n) is 18.4. The van der Waals surface area contributed by atoms with E-state index in [4.69, 9.17) is 23.7 Å². The Hall–Kier alpha value is -3.67. The molecule has 0 aromatic heterocycles. The van der Waals surface area contributed by atoms with Crippen LogP contribution in [0.15, 0.2) is 24.3 Å². The monoisotopic (exact) mass is 467 g/mol. The number of benzene rings is 1. The lowest BCUT2D eigenvalue weighted by atomic mass is 9.95. The molecule has 1 aliphatic heterocycles. The molecule has 2 rings (SSSR count). The number of para-hydroxylation sites is 1. The van der Waals surface area contributed by atoms with Crippen molar-refractivity contribution in [3.05, 3.63) is 29.8 Å². The van der Waals surface area contributed by atoms with Crippen LogP contribution < -0.4 is 5.32 Å². The van der Waals surface area contributed by atoms with Crippen LogP contribution >= 0.6 is 0 Å².